The molecule has 0 N–H and O–H groups in total. The Bertz CT molecular complexity index is 318. The molecular formula is C14H22FNO. The van der Waals surface area contributed by atoms with Gasteiger partial charge < -0.3 is 9.64 Å². The highest BCUT2D eigenvalue weighted by atomic mass is 19.1. The first-order chi connectivity index (χ1) is 8.13. The molecule has 1 atom stereocenters. The van der Waals surface area contributed by atoms with E-state index in [1.807, 2.05) is 26.2 Å². The summed E-state index contributed by atoms with van der Waals surface area (Å²) in [6.07, 6.45) is 7.77. The van der Waals surface area contributed by atoms with Gasteiger partial charge in [-0.2, -0.15) is 0 Å². The lowest BCUT2D eigenvalue weighted by Gasteiger charge is -2.13. The molecule has 0 aromatic rings. The Hall–Kier alpha value is -1.09. The largest absolute Gasteiger partial charge is 0.494 e. The van der Waals surface area contributed by atoms with E-state index in [2.05, 4.69) is 11.8 Å². The summed E-state index contributed by atoms with van der Waals surface area (Å²) in [6.45, 7) is 3.57. The molecule has 2 nitrogen and oxygen atoms in total. The molecule has 0 saturated carbocycles. The molecule has 0 saturated heterocycles. The van der Waals surface area contributed by atoms with E-state index in [4.69, 9.17) is 4.74 Å². The van der Waals surface area contributed by atoms with Crippen LogP contribution in [0.15, 0.2) is 35.6 Å². The topological polar surface area (TPSA) is 12.5 Å². The van der Waals surface area contributed by atoms with Crippen LogP contribution in [0.1, 0.15) is 19.8 Å². The van der Waals surface area contributed by atoms with Gasteiger partial charge in [-0.3, -0.25) is 0 Å². The molecule has 0 aromatic carbocycles. The van der Waals surface area contributed by atoms with E-state index < -0.39 is 6.17 Å². The summed E-state index contributed by atoms with van der Waals surface area (Å²) in [6, 6.07) is 0. The first-order valence-corrected chi connectivity index (χ1v) is 6.14. The Balaban J connectivity index is 2.44. The van der Waals surface area contributed by atoms with Gasteiger partial charge in [-0.1, -0.05) is 19.1 Å². The predicted molar refractivity (Wildman–Crippen MR) is 69.6 cm³/mol. The van der Waals surface area contributed by atoms with Crippen LogP contribution in [-0.4, -0.2) is 38.3 Å². The minimum Gasteiger partial charge on any atom is -0.494 e. The highest BCUT2D eigenvalue weighted by Gasteiger charge is 2.12. The lowest BCUT2D eigenvalue weighted by molar-refractivity contribution is 0.161. The van der Waals surface area contributed by atoms with Crippen molar-refractivity contribution < 1.29 is 9.13 Å². The SMILES string of the molecule is CCC1=CC=C(OCCCN(C)C)C(F)C=C1. The molecule has 0 aliphatic heterocycles. The maximum absolute atomic E-state index is 13.7. The molecule has 1 rings (SSSR count). The summed E-state index contributed by atoms with van der Waals surface area (Å²) in [5.74, 6) is 0.420. The van der Waals surface area contributed by atoms with Crippen molar-refractivity contribution in [2.24, 2.45) is 0 Å². The molecule has 0 bridgehead atoms. The lowest BCUT2D eigenvalue weighted by Crippen LogP contribution is -2.15. The van der Waals surface area contributed by atoms with Crippen LogP contribution in [0, 0.1) is 0 Å². The molecule has 17 heavy (non-hydrogen) atoms. The van der Waals surface area contributed by atoms with Crippen LogP contribution < -0.4 is 0 Å². The fourth-order valence-electron chi connectivity index (χ4n) is 1.57. The molecule has 0 amide bonds. The van der Waals surface area contributed by atoms with Crippen molar-refractivity contribution in [1.29, 1.82) is 0 Å². The predicted octanol–water partition coefficient (Wildman–Crippen LogP) is 3.08. The van der Waals surface area contributed by atoms with Gasteiger partial charge in [-0.15, -0.1) is 0 Å². The quantitative estimate of drug-likeness (QED) is 0.660. The van der Waals surface area contributed by atoms with Crippen molar-refractivity contribution in [3.63, 3.8) is 0 Å². The second-order valence-electron chi connectivity index (χ2n) is 4.43. The van der Waals surface area contributed by atoms with Crippen molar-refractivity contribution in [3.05, 3.63) is 35.6 Å². The van der Waals surface area contributed by atoms with E-state index in [1.165, 1.54) is 0 Å². The van der Waals surface area contributed by atoms with Gasteiger partial charge in [-0.25, -0.2) is 4.39 Å². The molecule has 3 heteroatoms. The number of ether oxygens (including phenoxy) is 1. The van der Waals surface area contributed by atoms with Crippen molar-refractivity contribution in [3.8, 4) is 0 Å². The van der Waals surface area contributed by atoms with Gasteiger partial charge in [0.1, 0.15) is 5.76 Å². The summed E-state index contributed by atoms with van der Waals surface area (Å²) < 4.78 is 19.2. The Morgan fingerprint density at radius 1 is 1.35 bits per heavy atom. The Kier molecular flexibility index (Phi) is 5.98. The van der Waals surface area contributed by atoms with Crippen LogP contribution in [0.2, 0.25) is 0 Å². The molecule has 96 valence electrons. The van der Waals surface area contributed by atoms with Crippen molar-refractivity contribution >= 4 is 0 Å². The number of hydrogen-bond acceptors (Lipinski definition) is 2. The number of nitrogens with zero attached hydrogens (tertiary/aromatic N) is 1. The standard InChI is InChI=1S/C14H22FNO/c1-4-12-6-8-13(15)14(9-7-12)17-11-5-10-16(2)3/h6-9,13H,4-5,10-11H2,1-3H3. The van der Waals surface area contributed by atoms with E-state index in [1.54, 1.807) is 12.2 Å². The first kappa shape index (κ1) is 14.0. The lowest BCUT2D eigenvalue weighted by atomic mass is 10.2. The molecule has 1 unspecified atom stereocenters. The van der Waals surface area contributed by atoms with Gasteiger partial charge in [0.25, 0.3) is 0 Å². The second kappa shape index (κ2) is 7.28. The molecule has 0 heterocycles. The number of alkyl halides is 1. The monoisotopic (exact) mass is 239 g/mol. The Morgan fingerprint density at radius 3 is 2.76 bits per heavy atom. The zero-order valence-corrected chi connectivity index (χ0v) is 10.9. The first-order valence-electron chi connectivity index (χ1n) is 6.14. The van der Waals surface area contributed by atoms with E-state index in [0.29, 0.717) is 12.4 Å². The molecule has 1 aliphatic carbocycles. The number of halogens is 1. The van der Waals surface area contributed by atoms with Crippen molar-refractivity contribution in [2.75, 3.05) is 27.2 Å². The third kappa shape index (κ3) is 5.18. The fraction of sp³-hybridized carbons (Fsp3) is 0.571. The molecule has 0 fully saturated rings. The highest BCUT2D eigenvalue weighted by Crippen LogP contribution is 2.17. The second-order valence-corrected chi connectivity index (χ2v) is 4.43. The maximum Gasteiger partial charge on any atom is 0.175 e. The molecule has 0 aromatic heterocycles. The third-order valence-corrected chi connectivity index (χ3v) is 2.64. The fourth-order valence-corrected chi connectivity index (χ4v) is 1.57. The van der Waals surface area contributed by atoms with Crippen molar-refractivity contribution in [2.45, 2.75) is 25.9 Å². The maximum atomic E-state index is 13.7. The zero-order chi connectivity index (χ0) is 12.7. The average molecular weight is 239 g/mol. The molecule has 0 spiro atoms. The van der Waals surface area contributed by atoms with E-state index in [0.717, 1.165) is 25.0 Å². The summed E-state index contributed by atoms with van der Waals surface area (Å²) in [5.41, 5.74) is 1.12. The Labute approximate surface area is 103 Å². The number of rotatable bonds is 6. The number of hydrogen-bond donors (Lipinski definition) is 0. The summed E-state index contributed by atoms with van der Waals surface area (Å²) in [7, 11) is 4.03. The van der Waals surface area contributed by atoms with E-state index in [9.17, 15) is 4.39 Å². The smallest absolute Gasteiger partial charge is 0.175 e. The van der Waals surface area contributed by atoms with Gasteiger partial charge in [0.15, 0.2) is 6.17 Å². The van der Waals surface area contributed by atoms with Crippen LogP contribution in [-0.2, 0) is 4.74 Å². The summed E-state index contributed by atoms with van der Waals surface area (Å²) in [5, 5.41) is 0. The number of allylic oxidation sites excluding steroid dienone is 5. The molecular weight excluding hydrogens is 217 g/mol. The zero-order valence-electron chi connectivity index (χ0n) is 10.9. The average Bonchev–Trinajstić information content (AvgIpc) is 2.47. The normalized spacial score (nSPS) is 19.9. The van der Waals surface area contributed by atoms with Crippen molar-refractivity contribution in [1.82, 2.24) is 4.90 Å². The minimum absolute atomic E-state index is 0.420. The van der Waals surface area contributed by atoms with Crippen LogP contribution in [0.3, 0.4) is 0 Å². The molecule has 0 radical (unpaired) electrons. The van der Waals surface area contributed by atoms with Gasteiger partial charge >= 0.3 is 0 Å². The molecule has 1 aliphatic rings. The van der Waals surface area contributed by atoms with Crippen LogP contribution in [0.5, 0.6) is 0 Å². The minimum atomic E-state index is -1.12. The van der Waals surface area contributed by atoms with Gasteiger partial charge in [-0.05, 0) is 44.7 Å². The third-order valence-electron chi connectivity index (χ3n) is 2.64. The van der Waals surface area contributed by atoms with Crippen LogP contribution in [0.25, 0.3) is 0 Å². The highest BCUT2D eigenvalue weighted by molar-refractivity contribution is 5.31. The van der Waals surface area contributed by atoms with Gasteiger partial charge in [0.2, 0.25) is 0 Å². The van der Waals surface area contributed by atoms with Gasteiger partial charge in [0.05, 0.1) is 6.61 Å². The van der Waals surface area contributed by atoms with Crippen LogP contribution >= 0.6 is 0 Å². The van der Waals surface area contributed by atoms with E-state index in [-0.39, 0.29) is 0 Å². The summed E-state index contributed by atoms with van der Waals surface area (Å²) in [4.78, 5) is 2.09. The van der Waals surface area contributed by atoms with Crippen LogP contribution in [0.4, 0.5) is 4.39 Å². The Morgan fingerprint density at radius 2 is 2.12 bits per heavy atom. The van der Waals surface area contributed by atoms with E-state index >= 15 is 0 Å². The summed E-state index contributed by atoms with van der Waals surface area (Å²) >= 11 is 0. The van der Waals surface area contributed by atoms with Gasteiger partial charge in [0, 0.05) is 6.54 Å².